The van der Waals surface area contributed by atoms with Gasteiger partial charge in [-0.3, -0.25) is 9.78 Å². The molecule has 0 atom stereocenters. The number of carbonyl (C=O) groups is 1. The second-order valence-corrected chi connectivity index (χ2v) is 8.36. The number of anilines is 2. The van der Waals surface area contributed by atoms with Crippen LogP contribution in [0.1, 0.15) is 49.7 Å². The quantitative estimate of drug-likeness (QED) is 0.609. The van der Waals surface area contributed by atoms with Crippen molar-refractivity contribution in [3.63, 3.8) is 0 Å². The fraction of sp³-hybridized carbons (Fsp3) is 0.333. The summed E-state index contributed by atoms with van der Waals surface area (Å²) in [4.78, 5) is 17.4. The Morgan fingerprint density at radius 1 is 1.07 bits per heavy atom. The van der Waals surface area contributed by atoms with Gasteiger partial charge in [-0.25, -0.2) is 0 Å². The van der Waals surface area contributed by atoms with E-state index in [9.17, 15) is 4.79 Å². The minimum absolute atomic E-state index is 0.0204. The molecule has 0 amide bonds. The molecule has 1 N–H and O–H groups in total. The summed E-state index contributed by atoms with van der Waals surface area (Å²) in [7, 11) is 0. The normalized spacial score (nSPS) is 15.3. The van der Waals surface area contributed by atoms with Crippen LogP contribution in [0.15, 0.2) is 54.9 Å². The summed E-state index contributed by atoms with van der Waals surface area (Å²) in [6, 6.07) is 14.1. The molecule has 0 unspecified atom stereocenters. The van der Waals surface area contributed by atoms with E-state index in [1.807, 2.05) is 54.9 Å². The third kappa shape index (κ3) is 3.35. The molecule has 0 radical (unpaired) electrons. The summed E-state index contributed by atoms with van der Waals surface area (Å²) in [5, 5.41) is 3.57. The van der Waals surface area contributed by atoms with Gasteiger partial charge >= 0.3 is 0 Å². The zero-order chi connectivity index (χ0) is 19.7. The predicted octanol–water partition coefficient (Wildman–Crippen LogP) is 5.86. The number of carbonyl (C=O) groups excluding carboxylic acids is 1. The van der Waals surface area contributed by atoms with Crippen LogP contribution in [0, 0.1) is 5.41 Å². The highest BCUT2D eigenvalue weighted by Gasteiger charge is 2.37. The molecule has 4 heteroatoms. The topological polar surface area (TPSA) is 46.9 Å². The van der Waals surface area contributed by atoms with Gasteiger partial charge < -0.3 is 9.88 Å². The number of nitrogens with zero attached hydrogens (tertiary/aromatic N) is 2. The van der Waals surface area contributed by atoms with Gasteiger partial charge in [-0.15, -0.1) is 0 Å². The van der Waals surface area contributed by atoms with Crippen LogP contribution in [-0.4, -0.2) is 15.3 Å². The maximum Gasteiger partial charge on any atom is 0.167 e. The molecule has 1 aliphatic carbocycles. The Morgan fingerprint density at radius 3 is 2.46 bits per heavy atom. The summed E-state index contributed by atoms with van der Waals surface area (Å²) in [6.07, 6.45) is 6.13. The molecule has 1 aromatic carbocycles. The van der Waals surface area contributed by atoms with Crippen molar-refractivity contribution in [2.75, 3.05) is 5.32 Å². The standard InChI is InChI=1S/C24H27N3O/c1-4-14-27-19-15-24(2,3)16-20(28)21(19)22(26-18-8-6-5-7-9-18)23(27)17-10-12-25-13-11-17/h5-13,26H,4,14-16H2,1-3H3. The van der Waals surface area contributed by atoms with Crippen molar-refractivity contribution in [3.8, 4) is 11.3 Å². The highest BCUT2D eigenvalue weighted by molar-refractivity contribution is 6.08. The third-order valence-electron chi connectivity index (χ3n) is 5.38. The largest absolute Gasteiger partial charge is 0.353 e. The molecule has 0 fully saturated rings. The fourth-order valence-electron chi connectivity index (χ4n) is 4.26. The molecule has 0 saturated heterocycles. The monoisotopic (exact) mass is 373 g/mol. The van der Waals surface area contributed by atoms with Crippen LogP contribution in [0.3, 0.4) is 0 Å². The molecule has 4 nitrogen and oxygen atoms in total. The average molecular weight is 374 g/mol. The highest BCUT2D eigenvalue weighted by Crippen LogP contribution is 2.45. The van der Waals surface area contributed by atoms with E-state index in [1.165, 1.54) is 0 Å². The first-order chi connectivity index (χ1) is 13.5. The van der Waals surface area contributed by atoms with Gasteiger partial charge in [0.25, 0.3) is 0 Å². The second kappa shape index (κ2) is 7.27. The van der Waals surface area contributed by atoms with E-state index in [0.29, 0.717) is 6.42 Å². The predicted molar refractivity (Wildman–Crippen MR) is 114 cm³/mol. The number of ketones is 1. The number of para-hydroxylation sites is 1. The molecule has 4 rings (SSSR count). The lowest BCUT2D eigenvalue weighted by atomic mass is 9.76. The Hall–Kier alpha value is -2.88. The summed E-state index contributed by atoms with van der Waals surface area (Å²) in [5.41, 5.74) is 6.10. The third-order valence-corrected chi connectivity index (χ3v) is 5.38. The maximum absolute atomic E-state index is 13.2. The minimum Gasteiger partial charge on any atom is -0.353 e. The van der Waals surface area contributed by atoms with Crippen molar-refractivity contribution in [2.45, 2.75) is 46.6 Å². The molecular formula is C24H27N3O. The van der Waals surface area contributed by atoms with E-state index in [4.69, 9.17) is 0 Å². The molecular weight excluding hydrogens is 346 g/mol. The number of aromatic nitrogens is 2. The summed E-state index contributed by atoms with van der Waals surface area (Å²) < 4.78 is 2.36. The van der Waals surface area contributed by atoms with E-state index < -0.39 is 0 Å². The summed E-state index contributed by atoms with van der Waals surface area (Å²) in [6.45, 7) is 7.45. The zero-order valence-electron chi connectivity index (χ0n) is 16.8. The van der Waals surface area contributed by atoms with Gasteiger partial charge in [0.05, 0.1) is 16.9 Å². The van der Waals surface area contributed by atoms with Crippen molar-refractivity contribution in [1.82, 2.24) is 9.55 Å². The van der Waals surface area contributed by atoms with E-state index >= 15 is 0 Å². The smallest absolute Gasteiger partial charge is 0.167 e. The van der Waals surface area contributed by atoms with Crippen LogP contribution >= 0.6 is 0 Å². The van der Waals surface area contributed by atoms with Crippen molar-refractivity contribution in [3.05, 3.63) is 66.1 Å². The molecule has 0 bridgehead atoms. The molecule has 1 aliphatic rings. The zero-order valence-corrected chi connectivity index (χ0v) is 16.8. The van der Waals surface area contributed by atoms with E-state index in [0.717, 1.165) is 53.3 Å². The van der Waals surface area contributed by atoms with E-state index in [2.05, 4.69) is 35.6 Å². The van der Waals surface area contributed by atoms with Crippen molar-refractivity contribution >= 4 is 17.2 Å². The van der Waals surface area contributed by atoms with Crippen molar-refractivity contribution in [2.24, 2.45) is 5.41 Å². The van der Waals surface area contributed by atoms with Gasteiger partial charge in [-0.1, -0.05) is 39.0 Å². The van der Waals surface area contributed by atoms with E-state index in [-0.39, 0.29) is 11.2 Å². The molecule has 0 saturated carbocycles. The summed E-state index contributed by atoms with van der Waals surface area (Å²) in [5.74, 6) is 0.231. The molecule has 0 aliphatic heterocycles. The minimum atomic E-state index is -0.0204. The number of hydrogen-bond acceptors (Lipinski definition) is 3. The second-order valence-electron chi connectivity index (χ2n) is 8.36. The number of pyridine rings is 1. The van der Waals surface area contributed by atoms with Crippen molar-refractivity contribution < 1.29 is 4.79 Å². The first kappa shape index (κ1) is 18.5. The average Bonchev–Trinajstić information content (AvgIpc) is 2.96. The molecule has 28 heavy (non-hydrogen) atoms. The number of nitrogens with one attached hydrogen (secondary N) is 1. The van der Waals surface area contributed by atoms with E-state index in [1.54, 1.807) is 0 Å². The molecule has 2 aromatic heterocycles. The number of benzene rings is 1. The van der Waals surface area contributed by atoms with Crippen molar-refractivity contribution in [1.29, 1.82) is 0 Å². The van der Waals surface area contributed by atoms with Crippen LogP contribution in [0.2, 0.25) is 0 Å². The number of rotatable bonds is 5. The van der Waals surface area contributed by atoms with Gasteiger partial charge in [0.15, 0.2) is 5.78 Å². The lowest BCUT2D eigenvalue weighted by Gasteiger charge is -2.30. The van der Waals surface area contributed by atoms with Crippen LogP contribution in [-0.2, 0) is 13.0 Å². The fourth-order valence-corrected chi connectivity index (χ4v) is 4.26. The van der Waals surface area contributed by atoms with Gasteiger partial charge in [0.1, 0.15) is 0 Å². The lowest BCUT2D eigenvalue weighted by molar-refractivity contribution is 0.0911. The Morgan fingerprint density at radius 2 is 1.79 bits per heavy atom. The first-order valence-electron chi connectivity index (χ1n) is 10.0. The van der Waals surface area contributed by atoms with Crippen LogP contribution in [0.25, 0.3) is 11.3 Å². The SMILES string of the molecule is CCCn1c2c(c(Nc3ccccc3)c1-c1ccncc1)C(=O)CC(C)(C)C2. The Balaban J connectivity index is 1.98. The molecule has 2 heterocycles. The number of hydrogen-bond donors (Lipinski definition) is 1. The Bertz CT molecular complexity index is 988. The Labute approximate surface area is 166 Å². The van der Waals surface area contributed by atoms with Gasteiger partial charge in [-0.2, -0.15) is 0 Å². The molecule has 0 spiro atoms. The van der Waals surface area contributed by atoms with Gasteiger partial charge in [0, 0.05) is 42.3 Å². The summed E-state index contributed by atoms with van der Waals surface area (Å²) >= 11 is 0. The van der Waals surface area contributed by atoms with Crippen LogP contribution in [0.4, 0.5) is 11.4 Å². The van der Waals surface area contributed by atoms with Crippen LogP contribution < -0.4 is 5.32 Å². The Kier molecular flexibility index (Phi) is 4.80. The number of Topliss-reactive ketones (excluding diaryl/α,β-unsaturated/α-hetero) is 1. The first-order valence-corrected chi connectivity index (χ1v) is 10.0. The highest BCUT2D eigenvalue weighted by atomic mass is 16.1. The maximum atomic E-state index is 13.2. The van der Waals surface area contributed by atoms with Crippen LogP contribution in [0.5, 0.6) is 0 Å². The molecule has 3 aromatic rings. The number of fused-ring (bicyclic) bond motifs is 1. The molecule has 144 valence electrons. The van der Waals surface area contributed by atoms with Gasteiger partial charge in [0.2, 0.25) is 0 Å². The van der Waals surface area contributed by atoms with Gasteiger partial charge in [-0.05, 0) is 42.5 Å². The lowest BCUT2D eigenvalue weighted by Crippen LogP contribution is -2.28.